The summed E-state index contributed by atoms with van der Waals surface area (Å²) in [6.45, 7) is 7.89. The Morgan fingerprint density at radius 2 is 0.795 bits per heavy atom. The summed E-state index contributed by atoms with van der Waals surface area (Å²) in [5.41, 5.74) is 11.6. The van der Waals surface area contributed by atoms with E-state index in [0.29, 0.717) is 3.40 Å². The van der Waals surface area contributed by atoms with Crippen LogP contribution in [0.25, 0.3) is 34.1 Å². The number of hydrogen-bond donors (Lipinski definition) is 0. The van der Waals surface area contributed by atoms with Crippen LogP contribution >= 0.6 is 0 Å². The van der Waals surface area contributed by atoms with Crippen molar-refractivity contribution in [3.8, 4) is 0 Å². The van der Waals surface area contributed by atoms with Gasteiger partial charge in [0, 0.05) is 0 Å². The predicted octanol–water partition coefficient (Wildman–Crippen LogP) is 9.71. The van der Waals surface area contributed by atoms with Gasteiger partial charge in [-0.15, -0.1) is 0 Å². The van der Waals surface area contributed by atoms with Gasteiger partial charge in [-0.1, -0.05) is 44.1 Å². The maximum atomic E-state index is 6.72. The average Bonchev–Trinajstić information content (AvgIpc) is 3.48. The van der Waals surface area contributed by atoms with Crippen LogP contribution in [0, 0.1) is 35.9 Å². The molecule has 2 nitrogen and oxygen atoms in total. The SMILES string of the molecule is C1=C(c2ccccc2)[CH]([Gd+2][CH]2C(c3ccccc3)=Cc3ccccc32)c2ccccc21.C[SiH](C)[NH-].C[SiH](C)[NH-]. The Balaban J connectivity index is 0.000000392. The van der Waals surface area contributed by atoms with Gasteiger partial charge in [0.15, 0.2) is 0 Å². The molecule has 4 aromatic carbocycles. The zero-order valence-corrected chi connectivity index (χ0v) is 27.8. The molecule has 2 atom stereocenters. The summed E-state index contributed by atoms with van der Waals surface area (Å²) < 4.78 is 1.06. The van der Waals surface area contributed by atoms with E-state index in [4.69, 9.17) is 10.8 Å². The Labute approximate surface area is 257 Å². The summed E-state index contributed by atoms with van der Waals surface area (Å²) in [5.74, 6) is 0. The normalized spacial score (nSPS) is 16.8. The van der Waals surface area contributed by atoms with E-state index in [1.165, 1.54) is 44.5 Å². The number of fused-ring (bicyclic) bond motifs is 2. The Morgan fingerprint density at radius 1 is 0.487 bits per heavy atom. The molecular weight excluding hydrogens is 650 g/mol. The first-order valence-corrected chi connectivity index (χ1v) is 22.0. The molecule has 39 heavy (non-hydrogen) atoms. The van der Waals surface area contributed by atoms with Gasteiger partial charge in [-0.3, -0.25) is 0 Å². The molecule has 0 fully saturated rings. The summed E-state index contributed by atoms with van der Waals surface area (Å²) in [7, 11) is -1.78. The average molecular weight is 688 g/mol. The van der Waals surface area contributed by atoms with Crippen LogP contribution < -0.4 is 0 Å². The third-order valence-electron chi connectivity index (χ3n) is 6.13. The molecular formula is C34H38GdN2Si2. The van der Waals surface area contributed by atoms with Crippen LogP contribution in [-0.4, -0.2) is 17.9 Å². The van der Waals surface area contributed by atoms with E-state index in [2.05, 4.69) is 121 Å². The molecule has 0 bridgehead atoms. The summed E-state index contributed by atoms with van der Waals surface area (Å²) in [6, 6.07) is 40.0. The van der Waals surface area contributed by atoms with Crippen molar-refractivity contribution < 1.29 is 35.9 Å². The zero-order chi connectivity index (χ0) is 27.8. The standard InChI is InChI=1S/2C15H11.2C2H8NSi.Gd/c2*1-2-6-12(7-3-1)15-10-13-8-4-5-9-14(13)11-15;2*1-4(2)3;/h2*1-11H;2*3-4H,1-2H3;/q;;2*-1;+2. The summed E-state index contributed by atoms with van der Waals surface area (Å²) >= 11 is -0.572. The van der Waals surface area contributed by atoms with Gasteiger partial charge in [-0.25, -0.2) is 0 Å². The van der Waals surface area contributed by atoms with Crippen LogP contribution in [0.1, 0.15) is 36.8 Å². The minimum Gasteiger partial charge on any atom is -0.682 e. The van der Waals surface area contributed by atoms with E-state index in [1.807, 2.05) is 26.2 Å². The first-order chi connectivity index (χ1) is 18.8. The van der Waals surface area contributed by atoms with Crippen LogP contribution in [0.2, 0.25) is 26.2 Å². The van der Waals surface area contributed by atoms with Crippen molar-refractivity contribution in [1.29, 1.82) is 0 Å². The summed E-state index contributed by atoms with van der Waals surface area (Å²) in [4.78, 5) is 0. The fraction of sp³-hybridized carbons (Fsp3) is 0.176. The van der Waals surface area contributed by atoms with E-state index in [-0.39, 0.29) is 0 Å². The molecule has 0 heterocycles. The molecule has 2 unspecified atom stereocenters. The fourth-order valence-electron chi connectivity index (χ4n) is 4.63. The van der Waals surface area contributed by atoms with Crippen LogP contribution in [0.15, 0.2) is 109 Å². The molecule has 0 saturated heterocycles. The van der Waals surface area contributed by atoms with Gasteiger partial charge in [-0.2, -0.15) is 0 Å². The fourth-order valence-corrected chi connectivity index (χ4v) is 9.34. The summed E-state index contributed by atoms with van der Waals surface area (Å²) in [6.07, 6.45) is 4.88. The molecule has 4 aromatic rings. The van der Waals surface area contributed by atoms with Gasteiger partial charge in [0.25, 0.3) is 0 Å². The minimum atomic E-state index is -0.889. The topological polar surface area (TPSA) is 47.6 Å². The zero-order valence-electron chi connectivity index (χ0n) is 23.2. The molecule has 2 aliphatic carbocycles. The van der Waals surface area contributed by atoms with Crippen molar-refractivity contribution in [1.82, 2.24) is 0 Å². The van der Waals surface area contributed by atoms with Gasteiger partial charge in [-0.05, 0) is 0 Å². The second-order valence-electron chi connectivity index (χ2n) is 10.3. The van der Waals surface area contributed by atoms with Crippen molar-refractivity contribution in [2.24, 2.45) is 0 Å². The van der Waals surface area contributed by atoms with Crippen molar-refractivity contribution >= 4 is 41.2 Å². The minimum absolute atomic E-state index is 0.530. The van der Waals surface area contributed by atoms with E-state index in [1.54, 1.807) is 0 Å². The maximum Gasteiger partial charge on any atom is -0.0828 e. The van der Waals surface area contributed by atoms with Gasteiger partial charge in [0.05, 0.1) is 0 Å². The molecule has 0 spiro atoms. The quantitative estimate of drug-likeness (QED) is 0.192. The van der Waals surface area contributed by atoms with Crippen molar-refractivity contribution in [2.75, 3.05) is 0 Å². The van der Waals surface area contributed by atoms with Crippen LogP contribution in [-0.2, 0) is 0 Å². The molecule has 0 amide bonds. The molecule has 2 N–H and O–H groups in total. The van der Waals surface area contributed by atoms with E-state index in [0.717, 1.165) is 0 Å². The number of rotatable bonds is 4. The number of nitrogens with one attached hydrogen (secondary N) is 2. The van der Waals surface area contributed by atoms with Gasteiger partial charge in [0.1, 0.15) is 0 Å². The molecule has 0 saturated carbocycles. The Kier molecular flexibility index (Phi) is 11.2. The second-order valence-corrected chi connectivity index (χ2v) is 18.3. The first kappa shape index (κ1) is 30.0. The van der Waals surface area contributed by atoms with Crippen LogP contribution in [0.3, 0.4) is 0 Å². The Bertz CT molecular complexity index is 1300. The monoisotopic (exact) mass is 688 g/mol. The predicted molar refractivity (Wildman–Crippen MR) is 173 cm³/mol. The summed E-state index contributed by atoms with van der Waals surface area (Å²) in [5, 5.41) is 13.4. The maximum absolute atomic E-state index is 6.72. The third-order valence-corrected chi connectivity index (χ3v) is 10.5. The number of benzene rings is 4. The van der Waals surface area contributed by atoms with Crippen molar-refractivity contribution in [2.45, 2.75) is 29.6 Å². The molecule has 2 aliphatic rings. The van der Waals surface area contributed by atoms with Crippen LogP contribution in [0.5, 0.6) is 0 Å². The van der Waals surface area contributed by atoms with E-state index in [9.17, 15) is 0 Å². The number of allylic oxidation sites excluding steroid dienone is 2. The largest absolute Gasteiger partial charge is 0.682 e. The molecule has 0 radical (unpaired) electrons. The molecule has 0 aromatic heterocycles. The smallest absolute Gasteiger partial charge is 0.0828 e. The third kappa shape index (κ3) is 8.05. The second kappa shape index (κ2) is 14.6. The van der Waals surface area contributed by atoms with Crippen molar-refractivity contribution in [3.63, 3.8) is 0 Å². The van der Waals surface area contributed by atoms with E-state index < -0.39 is 53.8 Å². The molecule has 200 valence electrons. The molecule has 0 aliphatic heterocycles. The Morgan fingerprint density at radius 3 is 1.15 bits per heavy atom. The number of hydrogen-bond acceptors (Lipinski definition) is 0. The van der Waals surface area contributed by atoms with Crippen LogP contribution in [0.4, 0.5) is 0 Å². The first-order valence-electron chi connectivity index (χ1n) is 13.6. The van der Waals surface area contributed by atoms with Gasteiger partial charge >= 0.3 is 205 Å². The molecule has 6 rings (SSSR count). The van der Waals surface area contributed by atoms with E-state index >= 15 is 0 Å². The molecule has 5 heteroatoms. The van der Waals surface area contributed by atoms with Gasteiger partial charge < -0.3 is 10.8 Å². The van der Waals surface area contributed by atoms with Gasteiger partial charge in [0.2, 0.25) is 0 Å². The van der Waals surface area contributed by atoms with Crippen molar-refractivity contribution in [3.05, 3.63) is 153 Å². The Hall–Kier alpha value is -1.96.